The zero-order chi connectivity index (χ0) is 15.6. The molecule has 2 heterocycles. The van der Waals surface area contributed by atoms with Crippen molar-refractivity contribution in [3.8, 4) is 0 Å². The maximum absolute atomic E-state index is 12.2. The van der Waals surface area contributed by atoms with Crippen LogP contribution in [-0.4, -0.2) is 54.5 Å². The van der Waals surface area contributed by atoms with Crippen LogP contribution in [0.15, 0.2) is 18.2 Å². The molecule has 2 fully saturated rings. The van der Waals surface area contributed by atoms with Crippen molar-refractivity contribution >= 4 is 11.6 Å². The molecule has 1 aliphatic carbocycles. The molecule has 2 saturated heterocycles. The van der Waals surface area contributed by atoms with Gasteiger partial charge in [0, 0.05) is 44.3 Å². The Hall–Kier alpha value is -1.39. The molecule has 23 heavy (non-hydrogen) atoms. The fraction of sp³-hybridized carbons (Fsp3) is 0.632. The molecule has 0 aromatic heterocycles. The molecule has 0 radical (unpaired) electrons. The number of benzene rings is 1. The van der Waals surface area contributed by atoms with Crippen LogP contribution in [0.1, 0.15) is 36.8 Å². The van der Waals surface area contributed by atoms with Gasteiger partial charge in [-0.1, -0.05) is 6.07 Å². The number of fused-ring (bicyclic) bond motifs is 2. The Morgan fingerprint density at radius 1 is 1.13 bits per heavy atom. The lowest BCUT2D eigenvalue weighted by atomic mass is 10.1. The van der Waals surface area contributed by atoms with Crippen molar-refractivity contribution in [2.75, 3.05) is 38.0 Å². The molecule has 1 aromatic rings. The second kappa shape index (κ2) is 6.62. The lowest BCUT2D eigenvalue weighted by molar-refractivity contribution is -0.116. The highest BCUT2D eigenvalue weighted by atomic mass is 16.1. The fourth-order valence-corrected chi connectivity index (χ4v) is 4.39. The number of carbonyl (C=O) groups is 1. The first kappa shape index (κ1) is 15.2. The predicted octanol–water partition coefficient (Wildman–Crippen LogP) is 2.28. The number of carbonyl (C=O) groups excluding carboxylic acids is 1. The summed E-state index contributed by atoms with van der Waals surface area (Å²) in [5.41, 5.74) is 3.84. The topological polar surface area (TPSA) is 35.6 Å². The van der Waals surface area contributed by atoms with Crippen LogP contribution in [0, 0.1) is 0 Å². The molecule has 3 aliphatic rings. The van der Waals surface area contributed by atoms with Crippen molar-refractivity contribution in [3.63, 3.8) is 0 Å². The lowest BCUT2D eigenvalue weighted by Gasteiger charge is -2.37. The van der Waals surface area contributed by atoms with Crippen molar-refractivity contribution in [2.45, 2.75) is 44.6 Å². The molecular formula is C19H27N3O. The smallest absolute Gasteiger partial charge is 0.225 e. The van der Waals surface area contributed by atoms with Crippen LogP contribution < -0.4 is 5.32 Å². The summed E-state index contributed by atoms with van der Waals surface area (Å²) in [6, 6.07) is 7.14. The number of piperazine rings is 1. The first-order valence-corrected chi connectivity index (χ1v) is 9.16. The Balaban J connectivity index is 1.25. The third-order valence-electron chi connectivity index (χ3n) is 5.71. The van der Waals surface area contributed by atoms with Crippen molar-refractivity contribution in [1.82, 2.24) is 9.80 Å². The van der Waals surface area contributed by atoms with E-state index in [9.17, 15) is 4.79 Å². The average Bonchev–Trinajstić information content (AvgIpc) is 3.20. The first-order chi connectivity index (χ1) is 11.3. The Kier molecular flexibility index (Phi) is 4.36. The number of hydrogen-bond donors (Lipinski definition) is 1. The van der Waals surface area contributed by atoms with Crippen LogP contribution in [0.5, 0.6) is 0 Å². The highest BCUT2D eigenvalue weighted by Gasteiger charge is 2.30. The van der Waals surface area contributed by atoms with Gasteiger partial charge in [0.25, 0.3) is 0 Å². The summed E-state index contributed by atoms with van der Waals surface area (Å²) in [6.45, 7) is 5.60. The van der Waals surface area contributed by atoms with Gasteiger partial charge in [-0.3, -0.25) is 14.6 Å². The summed E-state index contributed by atoms with van der Waals surface area (Å²) in [7, 11) is 0. The van der Waals surface area contributed by atoms with Gasteiger partial charge in [0.2, 0.25) is 5.91 Å². The van der Waals surface area contributed by atoms with Crippen LogP contribution >= 0.6 is 0 Å². The van der Waals surface area contributed by atoms with Crippen LogP contribution in [0.4, 0.5) is 5.69 Å². The minimum atomic E-state index is 0.150. The molecule has 4 rings (SSSR count). The number of rotatable bonds is 4. The van der Waals surface area contributed by atoms with Gasteiger partial charge in [0.05, 0.1) is 0 Å². The highest BCUT2D eigenvalue weighted by molar-refractivity contribution is 5.91. The molecule has 1 N–H and O–H groups in total. The molecular weight excluding hydrogens is 286 g/mol. The van der Waals surface area contributed by atoms with Crippen LogP contribution in [0.2, 0.25) is 0 Å². The van der Waals surface area contributed by atoms with Crippen molar-refractivity contribution < 1.29 is 4.79 Å². The van der Waals surface area contributed by atoms with Crippen LogP contribution in [0.25, 0.3) is 0 Å². The quantitative estimate of drug-likeness (QED) is 0.926. The number of nitrogens with zero attached hydrogens (tertiary/aromatic N) is 2. The Labute approximate surface area is 138 Å². The first-order valence-electron chi connectivity index (χ1n) is 9.16. The van der Waals surface area contributed by atoms with Gasteiger partial charge >= 0.3 is 0 Å². The van der Waals surface area contributed by atoms with E-state index in [-0.39, 0.29) is 5.91 Å². The van der Waals surface area contributed by atoms with E-state index in [1.165, 1.54) is 49.9 Å². The minimum Gasteiger partial charge on any atom is -0.326 e. The van der Waals surface area contributed by atoms with Gasteiger partial charge in [-0.2, -0.15) is 0 Å². The van der Waals surface area contributed by atoms with E-state index in [1.807, 2.05) is 0 Å². The average molecular weight is 313 g/mol. The zero-order valence-electron chi connectivity index (χ0n) is 13.9. The summed E-state index contributed by atoms with van der Waals surface area (Å²) in [6.07, 6.45) is 6.88. The van der Waals surface area contributed by atoms with E-state index < -0.39 is 0 Å². The SMILES string of the molecule is O=C(CCN1CCN2CCC[C@@H]2C1)Nc1ccc2c(c1)CCC2. The molecule has 1 aromatic carbocycles. The summed E-state index contributed by atoms with van der Waals surface area (Å²) >= 11 is 0. The van der Waals surface area contributed by atoms with Gasteiger partial charge in [-0.05, 0) is 61.9 Å². The molecule has 0 spiro atoms. The summed E-state index contributed by atoms with van der Waals surface area (Å²) in [5.74, 6) is 0.150. The maximum atomic E-state index is 12.2. The van der Waals surface area contributed by atoms with Crippen LogP contribution in [0.3, 0.4) is 0 Å². The monoisotopic (exact) mass is 313 g/mol. The molecule has 124 valence electrons. The predicted molar refractivity (Wildman–Crippen MR) is 92.7 cm³/mol. The zero-order valence-corrected chi connectivity index (χ0v) is 13.9. The van der Waals surface area contributed by atoms with E-state index in [1.54, 1.807) is 0 Å². The third-order valence-corrected chi connectivity index (χ3v) is 5.71. The van der Waals surface area contributed by atoms with Crippen molar-refractivity contribution in [2.24, 2.45) is 0 Å². The molecule has 1 amide bonds. The molecule has 1 atom stereocenters. The number of nitrogens with one attached hydrogen (secondary N) is 1. The van der Waals surface area contributed by atoms with Crippen LogP contribution in [-0.2, 0) is 17.6 Å². The number of anilines is 1. The molecule has 0 bridgehead atoms. The van der Waals surface area contributed by atoms with E-state index in [0.29, 0.717) is 6.42 Å². The standard InChI is InChI=1S/C19H27N3O/c23-19(20-17-7-6-15-3-1-4-16(15)13-17)8-10-21-11-12-22-9-2-5-18(22)14-21/h6-7,13,18H,1-5,8-12,14H2,(H,20,23)/t18-/m1/s1. The van der Waals surface area contributed by atoms with E-state index in [2.05, 4.69) is 33.3 Å². The third kappa shape index (κ3) is 3.43. The van der Waals surface area contributed by atoms with Gasteiger partial charge in [-0.15, -0.1) is 0 Å². The van der Waals surface area contributed by atoms with Gasteiger partial charge in [0.15, 0.2) is 0 Å². The molecule has 4 nitrogen and oxygen atoms in total. The molecule has 2 aliphatic heterocycles. The number of amides is 1. The maximum Gasteiger partial charge on any atom is 0.225 e. The molecule has 0 unspecified atom stereocenters. The largest absolute Gasteiger partial charge is 0.326 e. The lowest BCUT2D eigenvalue weighted by Crippen LogP contribution is -2.50. The summed E-state index contributed by atoms with van der Waals surface area (Å²) < 4.78 is 0. The summed E-state index contributed by atoms with van der Waals surface area (Å²) in [4.78, 5) is 17.3. The van der Waals surface area contributed by atoms with Gasteiger partial charge < -0.3 is 5.32 Å². The highest BCUT2D eigenvalue weighted by Crippen LogP contribution is 2.25. The van der Waals surface area contributed by atoms with E-state index in [0.717, 1.165) is 37.8 Å². The summed E-state index contributed by atoms with van der Waals surface area (Å²) in [5, 5.41) is 3.08. The normalized spacial score (nSPS) is 24.4. The second-order valence-corrected chi connectivity index (χ2v) is 7.27. The fourth-order valence-electron chi connectivity index (χ4n) is 4.39. The number of hydrogen-bond acceptors (Lipinski definition) is 3. The van der Waals surface area contributed by atoms with E-state index in [4.69, 9.17) is 0 Å². The minimum absolute atomic E-state index is 0.150. The van der Waals surface area contributed by atoms with Crippen molar-refractivity contribution in [1.29, 1.82) is 0 Å². The Morgan fingerprint density at radius 3 is 3.00 bits per heavy atom. The molecule has 0 saturated carbocycles. The van der Waals surface area contributed by atoms with Crippen molar-refractivity contribution in [3.05, 3.63) is 29.3 Å². The number of aryl methyl sites for hydroxylation is 2. The van der Waals surface area contributed by atoms with E-state index >= 15 is 0 Å². The Bertz CT molecular complexity index is 586. The van der Waals surface area contributed by atoms with Gasteiger partial charge in [-0.25, -0.2) is 0 Å². The van der Waals surface area contributed by atoms with Gasteiger partial charge in [0.1, 0.15) is 0 Å². The second-order valence-electron chi connectivity index (χ2n) is 7.27. The molecule has 4 heteroatoms. The Morgan fingerprint density at radius 2 is 2.04 bits per heavy atom.